The molecule has 1 heterocycles. The molecule has 0 bridgehead atoms. The van der Waals surface area contributed by atoms with E-state index in [9.17, 15) is 9.65 Å². The molecule has 1 aliphatic rings. The molecule has 33 heavy (non-hydrogen) atoms. The van der Waals surface area contributed by atoms with E-state index in [-0.39, 0.29) is 17.8 Å². The highest BCUT2D eigenvalue weighted by Gasteiger charge is 2.32. The number of nitriles is 1. The van der Waals surface area contributed by atoms with E-state index in [0.717, 1.165) is 35.4 Å². The Hall–Kier alpha value is -2.68. The molecule has 0 radical (unpaired) electrons. The lowest BCUT2D eigenvalue weighted by atomic mass is 9.72. The summed E-state index contributed by atoms with van der Waals surface area (Å²) in [4.78, 5) is 5.96. The first-order valence-corrected chi connectivity index (χ1v) is 12.2. The average Bonchev–Trinajstić information content (AvgIpc) is 3.14. The van der Waals surface area contributed by atoms with Crippen molar-refractivity contribution < 1.29 is 9.13 Å². The van der Waals surface area contributed by atoms with Crippen molar-refractivity contribution >= 4 is 34.2 Å². The maximum Gasteiger partial charge on any atom is 0.134 e. The van der Waals surface area contributed by atoms with Gasteiger partial charge in [0.05, 0.1) is 10.6 Å². The standard InChI is InChI=1S/C27H26ClFN2OS/c1-27(2,3)18-9-12-20-21(14-30)26(33-25(20)13-18)31-15-17-7-10-19(11-8-17)32-16-22-23(28)5-4-6-24(22)29/h4-8,10-11,15,18H,9,12-13,16H2,1-3H3/t18-/m1/s1. The molecule has 0 saturated heterocycles. The summed E-state index contributed by atoms with van der Waals surface area (Å²) in [6, 6.07) is 14.4. The monoisotopic (exact) mass is 480 g/mol. The van der Waals surface area contributed by atoms with E-state index < -0.39 is 0 Å². The molecule has 1 atom stereocenters. The molecule has 1 aliphatic carbocycles. The van der Waals surface area contributed by atoms with Crippen LogP contribution in [0.1, 0.15) is 54.3 Å². The largest absolute Gasteiger partial charge is 0.489 e. The van der Waals surface area contributed by atoms with Gasteiger partial charge in [0, 0.05) is 16.7 Å². The average molecular weight is 481 g/mol. The Morgan fingerprint density at radius 1 is 1.24 bits per heavy atom. The van der Waals surface area contributed by atoms with Gasteiger partial charge in [-0.25, -0.2) is 9.38 Å². The fourth-order valence-electron chi connectivity index (χ4n) is 4.13. The number of benzene rings is 2. The van der Waals surface area contributed by atoms with E-state index in [0.29, 0.717) is 22.3 Å². The maximum absolute atomic E-state index is 13.9. The first kappa shape index (κ1) is 23.5. The summed E-state index contributed by atoms with van der Waals surface area (Å²) in [7, 11) is 0. The van der Waals surface area contributed by atoms with Crippen molar-refractivity contribution in [3.05, 3.63) is 80.4 Å². The van der Waals surface area contributed by atoms with E-state index in [2.05, 4.69) is 31.8 Å². The minimum Gasteiger partial charge on any atom is -0.489 e. The second-order valence-corrected chi connectivity index (χ2v) is 10.9. The molecule has 0 aliphatic heterocycles. The summed E-state index contributed by atoms with van der Waals surface area (Å²) >= 11 is 7.70. The molecule has 0 N–H and O–H groups in total. The molecule has 0 amide bonds. The van der Waals surface area contributed by atoms with Gasteiger partial charge in [0.2, 0.25) is 0 Å². The molecule has 0 fully saturated rings. The van der Waals surface area contributed by atoms with E-state index in [1.807, 2.05) is 24.3 Å². The minimum atomic E-state index is -0.382. The van der Waals surface area contributed by atoms with Crippen molar-refractivity contribution in [2.24, 2.45) is 16.3 Å². The summed E-state index contributed by atoms with van der Waals surface area (Å²) in [5.41, 5.74) is 3.41. The Labute approximate surface area is 203 Å². The van der Waals surface area contributed by atoms with Crippen LogP contribution in [0.4, 0.5) is 9.39 Å². The molecule has 1 aromatic heterocycles. The summed E-state index contributed by atoms with van der Waals surface area (Å²) in [5, 5.41) is 10.9. The van der Waals surface area contributed by atoms with Crippen molar-refractivity contribution in [2.45, 2.75) is 46.6 Å². The zero-order valence-corrected chi connectivity index (χ0v) is 20.6. The molecule has 170 valence electrons. The van der Waals surface area contributed by atoms with Crippen LogP contribution in [0.25, 0.3) is 0 Å². The molecule has 0 saturated carbocycles. The number of aliphatic imine (C=N–C) groups is 1. The highest BCUT2D eigenvalue weighted by molar-refractivity contribution is 7.16. The number of ether oxygens (including phenoxy) is 1. The second-order valence-electron chi connectivity index (χ2n) is 9.42. The lowest BCUT2D eigenvalue weighted by Gasteiger charge is -2.33. The third-order valence-corrected chi connectivity index (χ3v) is 7.76. The summed E-state index contributed by atoms with van der Waals surface area (Å²) < 4.78 is 19.6. The molecule has 0 unspecified atom stereocenters. The van der Waals surface area contributed by atoms with E-state index in [1.54, 1.807) is 29.7 Å². The van der Waals surface area contributed by atoms with Crippen molar-refractivity contribution in [3.63, 3.8) is 0 Å². The van der Waals surface area contributed by atoms with Gasteiger partial charge in [-0.05, 0) is 78.1 Å². The number of hydrogen-bond donors (Lipinski definition) is 0. The molecule has 0 spiro atoms. The Morgan fingerprint density at radius 2 is 2.00 bits per heavy atom. The number of hydrogen-bond acceptors (Lipinski definition) is 4. The summed E-state index contributed by atoms with van der Waals surface area (Å²) in [6.45, 7) is 6.93. The van der Waals surface area contributed by atoms with E-state index in [4.69, 9.17) is 16.3 Å². The molecule has 3 nitrogen and oxygen atoms in total. The Balaban J connectivity index is 1.46. The van der Waals surface area contributed by atoms with Gasteiger partial charge < -0.3 is 4.74 Å². The lowest BCUT2D eigenvalue weighted by Crippen LogP contribution is -2.26. The molecule has 4 rings (SSSR count). The quantitative estimate of drug-likeness (QED) is 0.348. The Kier molecular flexibility index (Phi) is 6.88. The van der Waals surface area contributed by atoms with Crippen LogP contribution in [0.2, 0.25) is 5.02 Å². The fraction of sp³-hybridized carbons (Fsp3) is 0.333. The predicted molar refractivity (Wildman–Crippen MR) is 133 cm³/mol. The van der Waals surface area contributed by atoms with Gasteiger partial charge >= 0.3 is 0 Å². The molecule has 2 aromatic carbocycles. The zero-order valence-electron chi connectivity index (χ0n) is 19.0. The van der Waals surface area contributed by atoms with Crippen LogP contribution in [0.5, 0.6) is 5.75 Å². The van der Waals surface area contributed by atoms with Crippen LogP contribution >= 0.6 is 22.9 Å². The van der Waals surface area contributed by atoms with Gasteiger partial charge in [0.25, 0.3) is 0 Å². The number of halogens is 2. The van der Waals surface area contributed by atoms with Gasteiger partial charge in [-0.3, -0.25) is 0 Å². The first-order chi connectivity index (χ1) is 15.8. The van der Waals surface area contributed by atoms with Gasteiger partial charge in [0.15, 0.2) is 0 Å². The number of thiophene rings is 1. The number of fused-ring (bicyclic) bond motifs is 1. The zero-order chi connectivity index (χ0) is 23.6. The molecular formula is C27H26ClFN2OS. The van der Waals surface area contributed by atoms with Crippen LogP contribution in [0, 0.1) is 28.5 Å². The molecule has 6 heteroatoms. The van der Waals surface area contributed by atoms with Crippen LogP contribution in [-0.2, 0) is 19.4 Å². The first-order valence-electron chi connectivity index (χ1n) is 11.0. The van der Waals surface area contributed by atoms with Gasteiger partial charge in [0.1, 0.15) is 29.2 Å². The minimum absolute atomic E-state index is 0.0563. The third kappa shape index (κ3) is 5.29. The lowest BCUT2D eigenvalue weighted by molar-refractivity contribution is 0.218. The van der Waals surface area contributed by atoms with Crippen molar-refractivity contribution in [1.82, 2.24) is 0 Å². The number of nitrogens with zero attached hydrogens (tertiary/aromatic N) is 2. The van der Waals surface area contributed by atoms with Crippen LogP contribution in [0.15, 0.2) is 47.5 Å². The van der Waals surface area contributed by atoms with Crippen molar-refractivity contribution in [2.75, 3.05) is 0 Å². The van der Waals surface area contributed by atoms with Gasteiger partial charge in [-0.15, -0.1) is 11.3 Å². The second kappa shape index (κ2) is 9.67. The highest BCUT2D eigenvalue weighted by atomic mass is 35.5. The predicted octanol–water partition coefficient (Wildman–Crippen LogP) is 7.89. The normalized spacial score (nSPS) is 15.9. The van der Waals surface area contributed by atoms with Gasteiger partial charge in [-0.2, -0.15) is 5.26 Å². The maximum atomic E-state index is 13.9. The van der Waals surface area contributed by atoms with Crippen molar-refractivity contribution in [1.29, 1.82) is 5.26 Å². The van der Waals surface area contributed by atoms with E-state index >= 15 is 0 Å². The van der Waals surface area contributed by atoms with Crippen LogP contribution < -0.4 is 4.74 Å². The van der Waals surface area contributed by atoms with Crippen molar-refractivity contribution in [3.8, 4) is 11.8 Å². The number of rotatable bonds is 5. The molecular weight excluding hydrogens is 455 g/mol. The van der Waals surface area contributed by atoms with Crippen LogP contribution in [-0.4, -0.2) is 6.21 Å². The Morgan fingerprint density at radius 3 is 2.67 bits per heavy atom. The third-order valence-electron chi connectivity index (χ3n) is 6.24. The highest BCUT2D eigenvalue weighted by Crippen LogP contribution is 2.44. The van der Waals surface area contributed by atoms with Gasteiger partial charge in [-0.1, -0.05) is 38.4 Å². The smallest absolute Gasteiger partial charge is 0.134 e. The topological polar surface area (TPSA) is 45.4 Å². The molecule has 3 aromatic rings. The van der Waals surface area contributed by atoms with E-state index in [1.165, 1.54) is 16.5 Å². The summed E-state index contributed by atoms with van der Waals surface area (Å²) in [5.74, 6) is 0.856. The SMILES string of the molecule is CC(C)(C)[C@@H]1CCc2c(sc(N=Cc3ccc(OCc4c(F)cccc4Cl)cc3)c2C#N)C1. The van der Waals surface area contributed by atoms with Crippen LogP contribution in [0.3, 0.4) is 0 Å². The summed E-state index contributed by atoms with van der Waals surface area (Å²) in [6.07, 6.45) is 4.86. The fourth-order valence-corrected chi connectivity index (χ4v) is 5.57. The Bertz CT molecular complexity index is 1200.